The van der Waals surface area contributed by atoms with E-state index in [2.05, 4.69) is 14.5 Å². The monoisotopic (exact) mass is 114 g/mol. The molecule has 0 radical (unpaired) electrons. The summed E-state index contributed by atoms with van der Waals surface area (Å²) >= 11 is 0. The summed E-state index contributed by atoms with van der Waals surface area (Å²) in [4.78, 5) is 4.25. The summed E-state index contributed by atoms with van der Waals surface area (Å²) in [5, 5.41) is 3.43. The van der Waals surface area contributed by atoms with Gasteiger partial charge >= 0.3 is 0 Å². The molecule has 0 fully saturated rings. The third kappa shape index (κ3) is 1.05. The molecule has 0 aliphatic heterocycles. The Balaban J connectivity index is 2.50. The van der Waals surface area contributed by atoms with Crippen molar-refractivity contribution < 1.29 is 9.36 Å². The lowest BCUT2D eigenvalue weighted by molar-refractivity contribution is 0.103. The minimum absolute atomic E-state index is 0.278. The summed E-state index contributed by atoms with van der Waals surface area (Å²) in [6, 6.07) is 1.69. The van der Waals surface area contributed by atoms with E-state index in [1.54, 1.807) is 6.07 Å². The summed E-state index contributed by atoms with van der Waals surface area (Å²) in [6.45, 7) is 0.278. The molecule has 0 unspecified atom stereocenters. The second kappa shape index (κ2) is 2.44. The Morgan fingerprint density at radius 1 is 1.88 bits per heavy atom. The molecular formula is C4H6N2O2. The molecule has 0 aliphatic carbocycles. The van der Waals surface area contributed by atoms with Gasteiger partial charge in [0.05, 0.1) is 6.20 Å². The Morgan fingerprint density at radius 3 is 3.25 bits per heavy atom. The Morgan fingerprint density at radius 2 is 2.75 bits per heavy atom. The van der Waals surface area contributed by atoms with Gasteiger partial charge in [-0.3, -0.25) is 4.84 Å². The summed E-state index contributed by atoms with van der Waals surface area (Å²) < 4.78 is 4.62. The number of hydrogen-bond donors (Lipinski definition) is 1. The van der Waals surface area contributed by atoms with Crippen LogP contribution in [0.25, 0.3) is 0 Å². The smallest absolute Gasteiger partial charge is 0.164 e. The van der Waals surface area contributed by atoms with Gasteiger partial charge in [0.25, 0.3) is 0 Å². The van der Waals surface area contributed by atoms with Crippen molar-refractivity contribution in [2.45, 2.75) is 6.61 Å². The molecule has 1 heterocycles. The van der Waals surface area contributed by atoms with Gasteiger partial charge < -0.3 is 4.52 Å². The Labute approximate surface area is 46.2 Å². The van der Waals surface area contributed by atoms with Crippen molar-refractivity contribution in [3.05, 3.63) is 18.0 Å². The minimum atomic E-state index is 0.278. The molecule has 2 N–H and O–H groups in total. The molecule has 0 bridgehead atoms. The first-order chi connectivity index (χ1) is 3.93. The maximum absolute atomic E-state index is 4.73. The normalized spacial score (nSPS) is 9.62. The first-order valence-corrected chi connectivity index (χ1v) is 2.14. The van der Waals surface area contributed by atoms with E-state index in [1.165, 1.54) is 6.20 Å². The van der Waals surface area contributed by atoms with Crippen LogP contribution in [0.15, 0.2) is 16.8 Å². The molecule has 0 amide bonds. The summed E-state index contributed by atoms with van der Waals surface area (Å²) in [7, 11) is 0. The van der Waals surface area contributed by atoms with Crippen LogP contribution in [0, 0.1) is 0 Å². The Hall–Kier alpha value is -0.870. The molecular weight excluding hydrogens is 108 g/mol. The van der Waals surface area contributed by atoms with Gasteiger partial charge in [0.15, 0.2) is 5.76 Å². The Kier molecular flexibility index (Phi) is 1.61. The van der Waals surface area contributed by atoms with E-state index in [-0.39, 0.29) is 6.61 Å². The molecule has 0 spiro atoms. The zero-order chi connectivity index (χ0) is 5.82. The molecule has 0 saturated carbocycles. The van der Waals surface area contributed by atoms with Gasteiger partial charge in [-0.05, 0) is 0 Å². The summed E-state index contributed by atoms with van der Waals surface area (Å²) in [5.41, 5.74) is 0. The standard InChI is InChI=1S/C4H6N2O2/c5-7-3-4-1-2-6-8-4/h1-2H,3,5H2. The predicted molar refractivity (Wildman–Crippen MR) is 25.5 cm³/mol. The van der Waals surface area contributed by atoms with Crippen molar-refractivity contribution in [3.8, 4) is 0 Å². The zero-order valence-corrected chi connectivity index (χ0v) is 4.20. The van der Waals surface area contributed by atoms with Crippen LogP contribution in [-0.4, -0.2) is 5.16 Å². The third-order valence-electron chi connectivity index (χ3n) is 0.717. The predicted octanol–water partition coefficient (Wildman–Crippen LogP) is 0.0649. The Bertz CT molecular complexity index is 138. The van der Waals surface area contributed by atoms with Crippen molar-refractivity contribution in [2.24, 2.45) is 5.90 Å². The average molecular weight is 114 g/mol. The second-order valence-corrected chi connectivity index (χ2v) is 1.29. The van der Waals surface area contributed by atoms with Gasteiger partial charge in [-0.15, -0.1) is 0 Å². The van der Waals surface area contributed by atoms with Crippen LogP contribution in [0.5, 0.6) is 0 Å². The molecule has 0 saturated heterocycles. The number of rotatable bonds is 2. The molecule has 44 valence electrons. The third-order valence-corrected chi connectivity index (χ3v) is 0.717. The van der Waals surface area contributed by atoms with Crippen molar-refractivity contribution in [3.63, 3.8) is 0 Å². The van der Waals surface area contributed by atoms with Gasteiger partial charge in [-0.25, -0.2) is 5.90 Å². The highest BCUT2D eigenvalue weighted by molar-refractivity contribution is 4.89. The zero-order valence-electron chi connectivity index (χ0n) is 4.20. The lowest BCUT2D eigenvalue weighted by Crippen LogP contribution is -1.96. The minimum Gasteiger partial charge on any atom is -0.359 e. The van der Waals surface area contributed by atoms with Gasteiger partial charge in [0.2, 0.25) is 0 Å². The van der Waals surface area contributed by atoms with E-state index in [4.69, 9.17) is 5.90 Å². The maximum Gasteiger partial charge on any atom is 0.164 e. The molecule has 0 aromatic carbocycles. The lowest BCUT2D eigenvalue weighted by atomic mass is 10.5. The largest absolute Gasteiger partial charge is 0.359 e. The molecule has 0 aliphatic rings. The summed E-state index contributed by atoms with van der Waals surface area (Å²) in [5.74, 6) is 5.36. The topological polar surface area (TPSA) is 61.3 Å². The van der Waals surface area contributed by atoms with E-state index in [0.29, 0.717) is 5.76 Å². The van der Waals surface area contributed by atoms with Crippen LogP contribution in [0.1, 0.15) is 5.76 Å². The molecule has 1 aromatic heterocycles. The highest BCUT2D eigenvalue weighted by Gasteiger charge is 1.91. The van der Waals surface area contributed by atoms with Gasteiger partial charge in [-0.1, -0.05) is 5.16 Å². The van der Waals surface area contributed by atoms with Gasteiger partial charge in [0, 0.05) is 6.07 Å². The fraction of sp³-hybridized carbons (Fsp3) is 0.250. The molecule has 0 atom stereocenters. The van der Waals surface area contributed by atoms with Crippen LogP contribution in [0.2, 0.25) is 0 Å². The van der Waals surface area contributed by atoms with Gasteiger partial charge in [-0.2, -0.15) is 0 Å². The maximum atomic E-state index is 4.73. The fourth-order valence-corrected chi connectivity index (χ4v) is 0.399. The number of nitrogens with two attached hydrogens (primary N) is 1. The highest BCUT2D eigenvalue weighted by atomic mass is 16.6. The van der Waals surface area contributed by atoms with Crippen molar-refractivity contribution in [1.29, 1.82) is 0 Å². The van der Waals surface area contributed by atoms with Crippen LogP contribution in [-0.2, 0) is 11.4 Å². The molecule has 8 heavy (non-hydrogen) atoms. The van der Waals surface area contributed by atoms with Crippen molar-refractivity contribution in [1.82, 2.24) is 5.16 Å². The number of hydrogen-bond acceptors (Lipinski definition) is 4. The van der Waals surface area contributed by atoms with E-state index in [9.17, 15) is 0 Å². The molecule has 1 rings (SSSR count). The number of nitrogens with zero attached hydrogens (tertiary/aromatic N) is 1. The lowest BCUT2D eigenvalue weighted by Gasteiger charge is -1.86. The quantitative estimate of drug-likeness (QED) is 0.552. The van der Waals surface area contributed by atoms with Crippen LogP contribution in [0.4, 0.5) is 0 Å². The van der Waals surface area contributed by atoms with Crippen LogP contribution in [0.3, 0.4) is 0 Å². The van der Waals surface area contributed by atoms with Crippen molar-refractivity contribution in [2.75, 3.05) is 0 Å². The van der Waals surface area contributed by atoms with E-state index in [1.807, 2.05) is 0 Å². The van der Waals surface area contributed by atoms with E-state index < -0.39 is 0 Å². The molecule has 4 heteroatoms. The molecule has 1 aromatic rings. The number of aromatic nitrogens is 1. The SMILES string of the molecule is NOCc1ccno1. The van der Waals surface area contributed by atoms with E-state index in [0.717, 1.165) is 0 Å². The summed E-state index contributed by atoms with van der Waals surface area (Å²) in [6.07, 6.45) is 1.54. The average Bonchev–Trinajstić information content (AvgIpc) is 2.19. The fourth-order valence-electron chi connectivity index (χ4n) is 0.399. The van der Waals surface area contributed by atoms with Crippen LogP contribution < -0.4 is 5.90 Å². The van der Waals surface area contributed by atoms with Crippen molar-refractivity contribution >= 4 is 0 Å². The van der Waals surface area contributed by atoms with Crippen LogP contribution >= 0.6 is 0 Å². The molecule has 4 nitrogen and oxygen atoms in total. The van der Waals surface area contributed by atoms with Gasteiger partial charge in [0.1, 0.15) is 6.61 Å². The first-order valence-electron chi connectivity index (χ1n) is 2.14. The highest BCUT2D eigenvalue weighted by Crippen LogP contribution is 1.95. The van der Waals surface area contributed by atoms with E-state index >= 15 is 0 Å². The second-order valence-electron chi connectivity index (χ2n) is 1.29. The first kappa shape index (κ1) is 5.27.